The second-order valence-corrected chi connectivity index (χ2v) is 6.06. The third kappa shape index (κ3) is 3.35. The number of esters is 1. The Kier molecular flexibility index (Phi) is 4.48. The number of H-pyrrole nitrogens is 1. The predicted molar refractivity (Wildman–Crippen MR) is 101 cm³/mol. The number of benzene rings is 3. The molecule has 0 fully saturated rings. The Morgan fingerprint density at radius 3 is 2.04 bits per heavy atom. The fourth-order valence-electron chi connectivity index (χ4n) is 3.05. The van der Waals surface area contributed by atoms with Crippen molar-refractivity contribution in [3.63, 3.8) is 0 Å². The Labute approximate surface area is 151 Å². The molecule has 0 aliphatic heterocycles. The van der Waals surface area contributed by atoms with Gasteiger partial charge in [0.25, 0.3) is 0 Å². The number of rotatable bonds is 5. The van der Waals surface area contributed by atoms with Crippen LogP contribution in [0.25, 0.3) is 11.0 Å². The van der Waals surface area contributed by atoms with E-state index in [-0.39, 0.29) is 12.6 Å². The van der Waals surface area contributed by atoms with E-state index in [1.807, 2.05) is 84.9 Å². The van der Waals surface area contributed by atoms with Gasteiger partial charge >= 0.3 is 5.97 Å². The topological polar surface area (TPSA) is 55.0 Å². The largest absolute Gasteiger partial charge is 0.457 e. The lowest BCUT2D eigenvalue weighted by molar-refractivity contribution is -0.145. The summed E-state index contributed by atoms with van der Waals surface area (Å²) in [7, 11) is 0. The Morgan fingerprint density at radius 1 is 0.846 bits per heavy atom. The number of hydrogen-bond donors (Lipinski definition) is 1. The summed E-state index contributed by atoms with van der Waals surface area (Å²) in [6, 6.07) is 27.1. The molecule has 4 aromatic rings. The maximum absolute atomic E-state index is 12.9. The number of imidazole rings is 1. The van der Waals surface area contributed by atoms with Crippen molar-refractivity contribution in [3.8, 4) is 0 Å². The van der Waals surface area contributed by atoms with E-state index in [1.54, 1.807) is 0 Å². The van der Waals surface area contributed by atoms with E-state index in [1.165, 1.54) is 0 Å². The number of aromatic nitrogens is 2. The normalized spacial score (nSPS) is 11.0. The van der Waals surface area contributed by atoms with Gasteiger partial charge in [0.15, 0.2) is 0 Å². The maximum Gasteiger partial charge on any atom is 0.318 e. The van der Waals surface area contributed by atoms with Crippen molar-refractivity contribution in [2.45, 2.75) is 12.5 Å². The van der Waals surface area contributed by atoms with E-state index in [4.69, 9.17) is 4.74 Å². The van der Waals surface area contributed by atoms with Gasteiger partial charge in [0.2, 0.25) is 0 Å². The molecule has 0 amide bonds. The molecule has 0 saturated carbocycles. The molecule has 4 nitrogen and oxygen atoms in total. The van der Waals surface area contributed by atoms with E-state index in [9.17, 15) is 4.79 Å². The Morgan fingerprint density at radius 2 is 1.42 bits per heavy atom. The number of carbonyl (C=O) groups is 1. The number of aromatic amines is 1. The molecule has 0 atom stereocenters. The van der Waals surface area contributed by atoms with Crippen LogP contribution in [0.3, 0.4) is 0 Å². The molecule has 0 aliphatic carbocycles. The summed E-state index contributed by atoms with van der Waals surface area (Å²) in [6.07, 6.45) is 0. The highest BCUT2D eigenvalue weighted by molar-refractivity contribution is 5.82. The molecule has 1 N–H and O–H groups in total. The molecular weight excluding hydrogens is 324 g/mol. The van der Waals surface area contributed by atoms with Crippen molar-refractivity contribution in [3.05, 3.63) is 102 Å². The van der Waals surface area contributed by atoms with Gasteiger partial charge in [0.05, 0.1) is 11.0 Å². The molecule has 0 spiro atoms. The molecule has 3 aromatic carbocycles. The van der Waals surface area contributed by atoms with Gasteiger partial charge in [-0.3, -0.25) is 4.79 Å². The molecule has 4 rings (SSSR count). The lowest BCUT2D eigenvalue weighted by Gasteiger charge is -2.16. The van der Waals surface area contributed by atoms with Crippen LogP contribution in [-0.4, -0.2) is 15.9 Å². The molecule has 26 heavy (non-hydrogen) atoms. The smallest absolute Gasteiger partial charge is 0.318 e. The van der Waals surface area contributed by atoms with Gasteiger partial charge in [0.1, 0.15) is 18.3 Å². The zero-order valence-electron chi connectivity index (χ0n) is 14.1. The van der Waals surface area contributed by atoms with Crippen molar-refractivity contribution < 1.29 is 9.53 Å². The van der Waals surface area contributed by atoms with Crippen molar-refractivity contribution in [1.82, 2.24) is 9.97 Å². The van der Waals surface area contributed by atoms with Gasteiger partial charge in [-0.05, 0) is 23.3 Å². The zero-order chi connectivity index (χ0) is 17.8. The minimum absolute atomic E-state index is 0.115. The maximum atomic E-state index is 12.9. The highest BCUT2D eigenvalue weighted by Gasteiger charge is 2.24. The predicted octanol–water partition coefficient (Wildman–Crippen LogP) is 4.44. The van der Waals surface area contributed by atoms with Crippen LogP contribution in [0.2, 0.25) is 0 Å². The molecule has 1 heterocycles. The van der Waals surface area contributed by atoms with E-state index >= 15 is 0 Å². The van der Waals surface area contributed by atoms with Crippen LogP contribution in [0.5, 0.6) is 0 Å². The molecule has 0 aliphatic rings. The van der Waals surface area contributed by atoms with Crippen molar-refractivity contribution >= 4 is 17.0 Å². The first kappa shape index (κ1) is 16.1. The lowest BCUT2D eigenvalue weighted by atomic mass is 9.91. The number of para-hydroxylation sites is 2. The first-order valence-corrected chi connectivity index (χ1v) is 8.51. The van der Waals surface area contributed by atoms with Crippen LogP contribution in [-0.2, 0) is 16.1 Å². The molecular formula is C22H18N2O2. The van der Waals surface area contributed by atoms with Gasteiger partial charge in [-0.1, -0.05) is 72.8 Å². The van der Waals surface area contributed by atoms with E-state index < -0.39 is 5.92 Å². The number of nitrogens with one attached hydrogen (secondary N) is 1. The molecule has 128 valence electrons. The summed E-state index contributed by atoms with van der Waals surface area (Å²) in [4.78, 5) is 20.5. The summed E-state index contributed by atoms with van der Waals surface area (Å²) >= 11 is 0. The third-order valence-corrected chi connectivity index (χ3v) is 4.29. The summed E-state index contributed by atoms with van der Waals surface area (Å²) in [5.41, 5.74) is 3.61. The van der Waals surface area contributed by atoms with Crippen LogP contribution in [0.4, 0.5) is 0 Å². The van der Waals surface area contributed by atoms with Gasteiger partial charge in [-0.25, -0.2) is 4.98 Å². The standard InChI is InChI=1S/C22H18N2O2/c25-22(26-15-20-23-18-13-7-8-14-19(18)24-20)21(16-9-3-1-4-10-16)17-11-5-2-6-12-17/h1-14,21H,15H2,(H,23,24). The van der Waals surface area contributed by atoms with E-state index in [0.717, 1.165) is 22.2 Å². The number of ether oxygens (including phenoxy) is 1. The van der Waals surface area contributed by atoms with Crippen LogP contribution >= 0.6 is 0 Å². The second kappa shape index (κ2) is 7.23. The van der Waals surface area contributed by atoms with E-state index in [0.29, 0.717) is 5.82 Å². The van der Waals surface area contributed by atoms with Crippen molar-refractivity contribution in [2.75, 3.05) is 0 Å². The summed E-state index contributed by atoms with van der Waals surface area (Å²) in [5.74, 6) is -0.107. The van der Waals surface area contributed by atoms with Gasteiger partial charge in [-0.2, -0.15) is 0 Å². The Bertz CT molecular complexity index is 937. The van der Waals surface area contributed by atoms with Crippen molar-refractivity contribution in [1.29, 1.82) is 0 Å². The lowest BCUT2D eigenvalue weighted by Crippen LogP contribution is -2.17. The SMILES string of the molecule is O=C(OCc1nc2ccccc2[nH]1)C(c1ccccc1)c1ccccc1. The number of fused-ring (bicyclic) bond motifs is 1. The molecule has 0 bridgehead atoms. The van der Waals surface area contributed by atoms with Gasteiger partial charge in [-0.15, -0.1) is 0 Å². The Balaban J connectivity index is 1.56. The summed E-state index contributed by atoms with van der Waals surface area (Å²) in [6.45, 7) is 0.115. The monoisotopic (exact) mass is 342 g/mol. The van der Waals surface area contributed by atoms with Crippen LogP contribution < -0.4 is 0 Å². The highest BCUT2D eigenvalue weighted by atomic mass is 16.5. The van der Waals surface area contributed by atoms with E-state index in [2.05, 4.69) is 9.97 Å². The second-order valence-electron chi connectivity index (χ2n) is 6.06. The molecule has 1 aromatic heterocycles. The zero-order valence-corrected chi connectivity index (χ0v) is 14.1. The fraction of sp³-hybridized carbons (Fsp3) is 0.0909. The van der Waals surface area contributed by atoms with Crippen molar-refractivity contribution in [2.24, 2.45) is 0 Å². The highest BCUT2D eigenvalue weighted by Crippen LogP contribution is 2.26. The molecule has 4 heteroatoms. The van der Waals surface area contributed by atoms with Crippen LogP contribution in [0, 0.1) is 0 Å². The first-order chi connectivity index (χ1) is 12.8. The number of hydrogen-bond acceptors (Lipinski definition) is 3. The Hall–Kier alpha value is -3.40. The average molecular weight is 342 g/mol. The molecule has 0 saturated heterocycles. The minimum atomic E-state index is -0.457. The summed E-state index contributed by atoms with van der Waals surface area (Å²) < 4.78 is 5.60. The van der Waals surface area contributed by atoms with Gasteiger partial charge < -0.3 is 9.72 Å². The summed E-state index contributed by atoms with van der Waals surface area (Å²) in [5, 5.41) is 0. The van der Waals surface area contributed by atoms with Crippen LogP contribution in [0.1, 0.15) is 22.9 Å². The quantitative estimate of drug-likeness (QED) is 0.546. The minimum Gasteiger partial charge on any atom is -0.457 e. The molecule has 0 unspecified atom stereocenters. The van der Waals surface area contributed by atoms with Gasteiger partial charge in [0, 0.05) is 0 Å². The first-order valence-electron chi connectivity index (χ1n) is 8.51. The molecule has 0 radical (unpaired) electrons. The fourth-order valence-corrected chi connectivity index (χ4v) is 3.05. The number of nitrogens with zero attached hydrogens (tertiary/aromatic N) is 1. The van der Waals surface area contributed by atoms with Crippen LogP contribution in [0.15, 0.2) is 84.9 Å². The number of carbonyl (C=O) groups excluding carboxylic acids is 1. The average Bonchev–Trinajstić information content (AvgIpc) is 3.11. The third-order valence-electron chi connectivity index (χ3n) is 4.29.